The first-order valence-corrected chi connectivity index (χ1v) is 7.73. The van der Waals surface area contributed by atoms with Gasteiger partial charge in [0.25, 0.3) is 0 Å². The molecule has 1 fully saturated rings. The minimum absolute atomic E-state index is 0.445. The summed E-state index contributed by atoms with van der Waals surface area (Å²) in [5, 5.41) is 3.89. The van der Waals surface area contributed by atoms with Crippen LogP contribution in [-0.2, 0) is 0 Å². The van der Waals surface area contributed by atoms with Crippen LogP contribution < -0.4 is 10.1 Å². The number of benzene rings is 1. The van der Waals surface area contributed by atoms with Crippen LogP contribution in [0.15, 0.2) is 24.3 Å². The van der Waals surface area contributed by atoms with Gasteiger partial charge in [-0.2, -0.15) is 0 Å². The highest BCUT2D eigenvalue weighted by molar-refractivity contribution is 5.38. The van der Waals surface area contributed by atoms with Gasteiger partial charge in [-0.3, -0.25) is 0 Å². The smallest absolute Gasteiger partial charge is 0.124 e. The summed E-state index contributed by atoms with van der Waals surface area (Å²) in [6, 6.07) is 9.54. The van der Waals surface area contributed by atoms with Gasteiger partial charge in [0.05, 0.1) is 6.61 Å². The minimum Gasteiger partial charge on any atom is -0.493 e. The van der Waals surface area contributed by atoms with Crippen LogP contribution in [0.4, 0.5) is 0 Å². The third-order valence-electron chi connectivity index (χ3n) is 4.87. The molecular formula is C17H25NO. The van der Waals surface area contributed by atoms with Crippen LogP contribution in [0.1, 0.15) is 51.1 Å². The highest BCUT2D eigenvalue weighted by Crippen LogP contribution is 2.37. The molecule has 104 valence electrons. The lowest BCUT2D eigenvalue weighted by Crippen LogP contribution is -2.41. The van der Waals surface area contributed by atoms with Crippen LogP contribution in [0.25, 0.3) is 0 Å². The second kappa shape index (κ2) is 5.54. The van der Waals surface area contributed by atoms with Crippen molar-refractivity contribution < 1.29 is 4.74 Å². The zero-order valence-corrected chi connectivity index (χ0v) is 12.1. The number of rotatable bonds is 3. The molecule has 3 atom stereocenters. The van der Waals surface area contributed by atoms with Crippen molar-refractivity contribution in [3.8, 4) is 5.75 Å². The van der Waals surface area contributed by atoms with E-state index in [1.165, 1.54) is 31.2 Å². The predicted molar refractivity (Wildman–Crippen MR) is 78.4 cm³/mol. The zero-order chi connectivity index (χ0) is 13.2. The summed E-state index contributed by atoms with van der Waals surface area (Å²) >= 11 is 0. The van der Waals surface area contributed by atoms with Gasteiger partial charge in [-0.1, -0.05) is 38.0 Å². The molecule has 1 saturated carbocycles. The van der Waals surface area contributed by atoms with Crippen LogP contribution in [0, 0.1) is 11.8 Å². The van der Waals surface area contributed by atoms with Gasteiger partial charge in [-0.15, -0.1) is 0 Å². The van der Waals surface area contributed by atoms with Crippen molar-refractivity contribution in [2.75, 3.05) is 6.61 Å². The maximum Gasteiger partial charge on any atom is 0.124 e. The lowest BCUT2D eigenvalue weighted by Gasteiger charge is -2.35. The van der Waals surface area contributed by atoms with Gasteiger partial charge in [0.15, 0.2) is 0 Å². The van der Waals surface area contributed by atoms with Crippen molar-refractivity contribution >= 4 is 0 Å². The molecule has 1 N–H and O–H groups in total. The monoisotopic (exact) mass is 259 g/mol. The molecule has 1 aliphatic carbocycles. The van der Waals surface area contributed by atoms with Gasteiger partial charge < -0.3 is 10.1 Å². The quantitative estimate of drug-likeness (QED) is 0.888. The van der Waals surface area contributed by atoms with E-state index in [9.17, 15) is 0 Å². The van der Waals surface area contributed by atoms with E-state index in [4.69, 9.17) is 4.74 Å². The molecule has 0 saturated heterocycles. The van der Waals surface area contributed by atoms with Gasteiger partial charge in [0.2, 0.25) is 0 Å². The van der Waals surface area contributed by atoms with E-state index in [0.29, 0.717) is 18.0 Å². The average molecular weight is 259 g/mol. The fraction of sp³-hybridized carbons (Fsp3) is 0.647. The number of nitrogens with one attached hydrogen (secondary N) is 1. The van der Waals surface area contributed by atoms with Crippen LogP contribution in [-0.4, -0.2) is 12.6 Å². The standard InChI is InChI=1S/C17H25NO/c1-12-11-19-16-10-6-5-9-15(16)17(12)18-13(2)14-7-3-4-8-14/h5-6,9-10,12-14,17-18H,3-4,7-8,11H2,1-2H3/t12?,13-,17?/m0/s1. The third kappa shape index (κ3) is 2.64. The molecule has 3 rings (SSSR count). The normalized spacial score (nSPS) is 28.7. The summed E-state index contributed by atoms with van der Waals surface area (Å²) < 4.78 is 5.83. The molecule has 1 aromatic carbocycles. The highest BCUT2D eigenvalue weighted by Gasteiger charge is 2.31. The zero-order valence-electron chi connectivity index (χ0n) is 12.1. The summed E-state index contributed by atoms with van der Waals surface area (Å²) in [6.45, 7) is 5.47. The number of hydrogen-bond acceptors (Lipinski definition) is 2. The number of fused-ring (bicyclic) bond motifs is 1. The van der Waals surface area contributed by atoms with E-state index in [1.54, 1.807) is 0 Å². The first kappa shape index (κ1) is 13.0. The lowest BCUT2D eigenvalue weighted by atomic mass is 9.89. The van der Waals surface area contributed by atoms with E-state index in [0.717, 1.165) is 18.3 Å². The summed E-state index contributed by atoms with van der Waals surface area (Å²) in [5.41, 5.74) is 1.34. The SMILES string of the molecule is CC1COc2ccccc2C1N[C@@H](C)C1CCCC1. The van der Waals surface area contributed by atoms with Gasteiger partial charge in [0, 0.05) is 23.6 Å². The van der Waals surface area contributed by atoms with E-state index in [1.807, 2.05) is 0 Å². The van der Waals surface area contributed by atoms with Crippen LogP contribution in [0.2, 0.25) is 0 Å². The Bertz CT molecular complexity index is 425. The molecular weight excluding hydrogens is 234 g/mol. The van der Waals surface area contributed by atoms with Crippen molar-refractivity contribution in [3.63, 3.8) is 0 Å². The Hall–Kier alpha value is -1.02. The maximum atomic E-state index is 5.83. The molecule has 1 heterocycles. The summed E-state index contributed by atoms with van der Waals surface area (Å²) in [5.74, 6) is 2.47. The van der Waals surface area contributed by atoms with Crippen LogP contribution >= 0.6 is 0 Å². The third-order valence-corrected chi connectivity index (χ3v) is 4.87. The minimum atomic E-state index is 0.445. The topological polar surface area (TPSA) is 21.3 Å². The van der Waals surface area contributed by atoms with Gasteiger partial charge >= 0.3 is 0 Å². The average Bonchev–Trinajstić information content (AvgIpc) is 2.96. The molecule has 2 heteroatoms. The second-order valence-corrected chi connectivity index (χ2v) is 6.30. The molecule has 0 radical (unpaired) electrons. The predicted octanol–water partition coefficient (Wildman–Crippen LogP) is 3.92. The second-order valence-electron chi connectivity index (χ2n) is 6.30. The number of para-hydroxylation sites is 1. The first-order valence-electron chi connectivity index (χ1n) is 7.73. The molecule has 1 aromatic rings. The molecule has 0 amide bonds. The molecule has 0 aromatic heterocycles. The van der Waals surface area contributed by atoms with Crippen LogP contribution in [0.5, 0.6) is 5.75 Å². The van der Waals surface area contributed by atoms with Gasteiger partial charge in [0.1, 0.15) is 5.75 Å². The van der Waals surface area contributed by atoms with E-state index in [2.05, 4.69) is 43.4 Å². The van der Waals surface area contributed by atoms with Crippen molar-refractivity contribution in [3.05, 3.63) is 29.8 Å². The first-order chi connectivity index (χ1) is 9.25. The van der Waals surface area contributed by atoms with E-state index < -0.39 is 0 Å². The number of hydrogen-bond donors (Lipinski definition) is 1. The molecule has 2 aliphatic rings. The van der Waals surface area contributed by atoms with Crippen molar-refractivity contribution in [1.82, 2.24) is 5.32 Å². The lowest BCUT2D eigenvalue weighted by molar-refractivity contribution is 0.173. The fourth-order valence-corrected chi connectivity index (χ4v) is 3.62. The van der Waals surface area contributed by atoms with E-state index in [-0.39, 0.29) is 0 Å². The van der Waals surface area contributed by atoms with Gasteiger partial charge in [-0.05, 0) is 31.7 Å². The Morgan fingerprint density at radius 3 is 2.74 bits per heavy atom. The largest absolute Gasteiger partial charge is 0.493 e. The molecule has 2 nitrogen and oxygen atoms in total. The molecule has 1 aliphatic heterocycles. The van der Waals surface area contributed by atoms with Crippen molar-refractivity contribution in [2.24, 2.45) is 11.8 Å². The Morgan fingerprint density at radius 1 is 1.21 bits per heavy atom. The highest BCUT2D eigenvalue weighted by atomic mass is 16.5. The fourth-order valence-electron chi connectivity index (χ4n) is 3.62. The molecule has 0 bridgehead atoms. The van der Waals surface area contributed by atoms with Gasteiger partial charge in [-0.25, -0.2) is 0 Å². The maximum absolute atomic E-state index is 5.83. The van der Waals surface area contributed by atoms with Crippen molar-refractivity contribution in [2.45, 2.75) is 51.6 Å². The molecule has 0 spiro atoms. The Morgan fingerprint density at radius 2 is 1.95 bits per heavy atom. The summed E-state index contributed by atoms with van der Waals surface area (Å²) in [6.07, 6.45) is 5.62. The summed E-state index contributed by atoms with van der Waals surface area (Å²) in [7, 11) is 0. The van der Waals surface area contributed by atoms with E-state index >= 15 is 0 Å². The van der Waals surface area contributed by atoms with Crippen LogP contribution in [0.3, 0.4) is 0 Å². The molecule has 2 unspecified atom stereocenters. The Labute approximate surface area is 116 Å². The Kier molecular flexibility index (Phi) is 3.79. The molecule has 19 heavy (non-hydrogen) atoms. The Balaban J connectivity index is 1.75. The number of ether oxygens (including phenoxy) is 1. The van der Waals surface area contributed by atoms with Crippen molar-refractivity contribution in [1.29, 1.82) is 0 Å². The summed E-state index contributed by atoms with van der Waals surface area (Å²) in [4.78, 5) is 0.